The molecule has 2 aromatic carbocycles. The number of benzene rings is 2. The predicted molar refractivity (Wildman–Crippen MR) is 83.3 cm³/mol. The summed E-state index contributed by atoms with van der Waals surface area (Å²) in [6.07, 6.45) is 0.531. The molecule has 0 amide bonds. The Morgan fingerprint density at radius 3 is 2.00 bits per heavy atom. The molecule has 1 fully saturated rings. The summed E-state index contributed by atoms with van der Waals surface area (Å²) in [6, 6.07) is 5.12. The minimum Gasteiger partial charge on any atom is -0.380 e. The van der Waals surface area contributed by atoms with Gasteiger partial charge in [0.15, 0.2) is 23.3 Å². The van der Waals surface area contributed by atoms with E-state index in [1.54, 1.807) is 0 Å². The first-order valence-corrected chi connectivity index (χ1v) is 8.44. The molecule has 0 spiro atoms. The Bertz CT molecular complexity index is 766. The average Bonchev–Trinajstić information content (AvgIpc) is 3.17. The minimum absolute atomic E-state index is 0.110. The number of hydrogen-bond donors (Lipinski definition) is 0. The molecule has 1 heterocycles. The first-order valence-electron chi connectivity index (χ1n) is 7.66. The topological polar surface area (TPSA) is 12.5 Å². The van der Waals surface area contributed by atoms with Crippen molar-refractivity contribution in [2.24, 2.45) is 0 Å². The molecule has 1 saturated heterocycles. The fourth-order valence-corrected chi connectivity index (χ4v) is 3.64. The molecule has 0 aromatic heterocycles. The summed E-state index contributed by atoms with van der Waals surface area (Å²) in [4.78, 5) is -0.976. The van der Waals surface area contributed by atoms with Crippen molar-refractivity contribution in [3.05, 3.63) is 64.7 Å². The summed E-state index contributed by atoms with van der Waals surface area (Å²) in [6.45, 7) is 0.782. The van der Waals surface area contributed by atoms with Gasteiger partial charge in [0.25, 0.3) is 0 Å². The number of nitrogens with zero attached hydrogens (tertiary/aromatic N) is 1. The molecule has 1 unspecified atom stereocenters. The quantitative estimate of drug-likeness (QED) is 0.313. The Kier molecular flexibility index (Phi) is 5.79. The van der Waals surface area contributed by atoms with Gasteiger partial charge in [0, 0.05) is 19.2 Å². The average molecular weight is 393 g/mol. The lowest BCUT2D eigenvalue weighted by molar-refractivity contribution is 0.178. The fourth-order valence-electron chi connectivity index (χ4n) is 2.54. The third-order valence-electron chi connectivity index (χ3n) is 3.94. The highest BCUT2D eigenvalue weighted by molar-refractivity contribution is 7.97. The van der Waals surface area contributed by atoms with Crippen LogP contribution in [0.25, 0.3) is 0 Å². The van der Waals surface area contributed by atoms with Crippen LogP contribution in [0.5, 0.6) is 0 Å². The van der Waals surface area contributed by atoms with Crippen molar-refractivity contribution in [2.75, 3.05) is 13.2 Å². The first-order chi connectivity index (χ1) is 12.4. The van der Waals surface area contributed by atoms with Crippen molar-refractivity contribution >= 4 is 11.9 Å². The number of hydrogen-bond acceptors (Lipinski definition) is 3. The molecule has 2 aromatic rings. The van der Waals surface area contributed by atoms with Crippen LogP contribution >= 0.6 is 11.9 Å². The van der Waals surface area contributed by atoms with Crippen LogP contribution in [-0.2, 0) is 11.3 Å². The van der Waals surface area contributed by atoms with Gasteiger partial charge in [0.2, 0.25) is 5.82 Å². The molecule has 3 rings (SSSR count). The van der Waals surface area contributed by atoms with Gasteiger partial charge in [-0.05, 0) is 36.1 Å². The van der Waals surface area contributed by atoms with Crippen LogP contribution in [0.1, 0.15) is 12.0 Å². The van der Waals surface area contributed by atoms with Crippen molar-refractivity contribution in [1.29, 1.82) is 0 Å². The fraction of sp³-hybridized carbons (Fsp3) is 0.294. The highest BCUT2D eigenvalue weighted by Crippen LogP contribution is 2.36. The summed E-state index contributed by atoms with van der Waals surface area (Å²) in [7, 11) is 0. The lowest BCUT2D eigenvalue weighted by Crippen LogP contribution is -2.29. The van der Waals surface area contributed by atoms with E-state index in [1.165, 1.54) is 28.6 Å². The minimum atomic E-state index is -2.20. The van der Waals surface area contributed by atoms with E-state index in [0.717, 1.165) is 0 Å². The van der Waals surface area contributed by atoms with E-state index in [9.17, 15) is 26.3 Å². The molecule has 140 valence electrons. The van der Waals surface area contributed by atoms with Crippen molar-refractivity contribution in [3.63, 3.8) is 0 Å². The van der Waals surface area contributed by atoms with Crippen molar-refractivity contribution < 1.29 is 31.1 Å². The van der Waals surface area contributed by atoms with Gasteiger partial charge in [-0.2, -0.15) is 0 Å². The molecule has 0 aliphatic carbocycles. The second-order valence-electron chi connectivity index (χ2n) is 5.71. The number of rotatable bonds is 5. The van der Waals surface area contributed by atoms with E-state index in [2.05, 4.69) is 0 Å². The standard InChI is InChI=1S/C17H13F6NOS/c18-10-3-1-9(2-4-10)7-24(11-5-6-25-8-11)26-17-15(22)13(20)12(19)14(21)16(17)23/h1-4,11H,5-8H2. The smallest absolute Gasteiger partial charge is 0.200 e. The van der Waals surface area contributed by atoms with Gasteiger partial charge in [-0.25, -0.2) is 30.6 Å². The van der Waals surface area contributed by atoms with E-state index in [-0.39, 0.29) is 19.2 Å². The zero-order valence-corrected chi connectivity index (χ0v) is 14.1. The zero-order chi connectivity index (χ0) is 18.8. The Morgan fingerprint density at radius 1 is 0.885 bits per heavy atom. The first kappa shape index (κ1) is 19.1. The summed E-state index contributed by atoms with van der Waals surface area (Å²) in [5, 5.41) is 0. The van der Waals surface area contributed by atoms with Crippen molar-refractivity contribution in [1.82, 2.24) is 4.31 Å². The Hall–Kier alpha value is -1.71. The highest BCUT2D eigenvalue weighted by atomic mass is 32.2. The maximum absolute atomic E-state index is 14.0. The molecule has 2 nitrogen and oxygen atoms in total. The maximum Gasteiger partial charge on any atom is 0.200 e. The van der Waals surface area contributed by atoms with Gasteiger partial charge in [-0.3, -0.25) is 0 Å². The van der Waals surface area contributed by atoms with Crippen LogP contribution in [0.15, 0.2) is 29.2 Å². The van der Waals surface area contributed by atoms with Gasteiger partial charge in [-0.15, -0.1) is 0 Å². The monoisotopic (exact) mass is 393 g/mol. The largest absolute Gasteiger partial charge is 0.380 e. The van der Waals surface area contributed by atoms with Gasteiger partial charge >= 0.3 is 0 Å². The Balaban J connectivity index is 1.92. The van der Waals surface area contributed by atoms with Crippen LogP contribution in [0.4, 0.5) is 26.3 Å². The van der Waals surface area contributed by atoms with Crippen LogP contribution in [-0.4, -0.2) is 23.6 Å². The van der Waals surface area contributed by atoms with Crippen LogP contribution in [0, 0.1) is 34.9 Å². The van der Waals surface area contributed by atoms with Crippen molar-refractivity contribution in [2.45, 2.75) is 23.9 Å². The predicted octanol–water partition coefficient (Wildman–Crippen LogP) is 4.82. The number of ether oxygens (including phenoxy) is 1. The third kappa shape index (κ3) is 3.84. The van der Waals surface area contributed by atoms with E-state index in [4.69, 9.17) is 4.74 Å². The molecule has 9 heteroatoms. The van der Waals surface area contributed by atoms with Gasteiger partial charge < -0.3 is 4.74 Å². The van der Waals surface area contributed by atoms with Crippen LogP contribution < -0.4 is 0 Å². The van der Waals surface area contributed by atoms with Gasteiger partial charge in [0.05, 0.1) is 6.61 Å². The molecule has 0 N–H and O–H groups in total. The summed E-state index contributed by atoms with van der Waals surface area (Å²) < 4.78 is 87.9. The molecular formula is C17H13F6NOS. The van der Waals surface area contributed by atoms with E-state index in [0.29, 0.717) is 30.5 Å². The van der Waals surface area contributed by atoms with Crippen LogP contribution in [0.3, 0.4) is 0 Å². The molecule has 26 heavy (non-hydrogen) atoms. The molecule has 0 radical (unpaired) electrons. The Morgan fingerprint density at radius 2 is 1.46 bits per heavy atom. The zero-order valence-electron chi connectivity index (χ0n) is 13.2. The normalized spacial score (nSPS) is 17.3. The lowest BCUT2D eigenvalue weighted by Gasteiger charge is -2.27. The lowest BCUT2D eigenvalue weighted by atomic mass is 10.2. The molecule has 1 atom stereocenters. The molecule has 0 bridgehead atoms. The summed E-state index contributed by atoms with van der Waals surface area (Å²) in [5.74, 6) is -10.4. The maximum atomic E-state index is 14.0. The number of halogens is 6. The van der Waals surface area contributed by atoms with Crippen LogP contribution in [0.2, 0.25) is 0 Å². The van der Waals surface area contributed by atoms with E-state index < -0.39 is 39.8 Å². The summed E-state index contributed by atoms with van der Waals surface area (Å²) >= 11 is 0.438. The third-order valence-corrected chi connectivity index (χ3v) is 5.15. The van der Waals surface area contributed by atoms with E-state index in [1.807, 2.05) is 0 Å². The highest BCUT2D eigenvalue weighted by Gasteiger charge is 2.31. The van der Waals surface area contributed by atoms with E-state index >= 15 is 0 Å². The second kappa shape index (κ2) is 7.89. The molecular weight excluding hydrogens is 380 g/mol. The molecule has 1 aliphatic rings. The summed E-state index contributed by atoms with van der Waals surface area (Å²) in [5.41, 5.74) is 0.620. The Labute approximate surface area is 149 Å². The SMILES string of the molecule is Fc1ccc(CN(Sc2c(F)c(F)c(F)c(F)c2F)C2CCOC2)cc1. The van der Waals surface area contributed by atoms with Crippen molar-refractivity contribution in [3.8, 4) is 0 Å². The van der Waals surface area contributed by atoms with Gasteiger partial charge in [-0.1, -0.05) is 12.1 Å². The van der Waals surface area contributed by atoms with Gasteiger partial charge in [0.1, 0.15) is 10.7 Å². The second-order valence-corrected chi connectivity index (χ2v) is 6.77. The molecule has 1 aliphatic heterocycles. The molecule has 0 saturated carbocycles.